The van der Waals surface area contributed by atoms with Crippen molar-refractivity contribution in [1.29, 1.82) is 0 Å². The van der Waals surface area contributed by atoms with Gasteiger partial charge in [0.25, 0.3) is 0 Å². The van der Waals surface area contributed by atoms with Crippen molar-refractivity contribution in [1.82, 2.24) is 9.88 Å². The minimum atomic E-state index is -0.615. The van der Waals surface area contributed by atoms with E-state index < -0.39 is 6.23 Å². The molecule has 1 saturated heterocycles. The summed E-state index contributed by atoms with van der Waals surface area (Å²) in [5.74, 6) is 0.0554. The van der Waals surface area contributed by atoms with Crippen molar-refractivity contribution in [2.24, 2.45) is 0 Å². The molecule has 1 atom stereocenters. The highest BCUT2D eigenvalue weighted by molar-refractivity contribution is 7.18. The number of benzene rings is 1. The molecule has 1 N–H and O–H groups in total. The van der Waals surface area contributed by atoms with Gasteiger partial charge in [0.1, 0.15) is 6.23 Å². The number of piperidine rings is 1. The molecule has 2 aromatic rings. The third-order valence-corrected chi connectivity index (χ3v) is 4.53. The number of rotatable bonds is 3. The fraction of sp³-hybridized carbons (Fsp3) is 0.429. The summed E-state index contributed by atoms with van der Waals surface area (Å²) >= 11 is 1.66. The van der Waals surface area contributed by atoms with Crippen LogP contribution in [-0.4, -0.2) is 33.7 Å². The van der Waals surface area contributed by atoms with Gasteiger partial charge in [0.15, 0.2) is 0 Å². The van der Waals surface area contributed by atoms with Crippen LogP contribution in [0.4, 0.5) is 0 Å². The van der Waals surface area contributed by atoms with E-state index in [-0.39, 0.29) is 5.91 Å². The van der Waals surface area contributed by atoms with Crippen molar-refractivity contribution in [2.75, 3.05) is 6.54 Å². The van der Waals surface area contributed by atoms with Gasteiger partial charge in [-0.2, -0.15) is 0 Å². The molecule has 4 nitrogen and oxygen atoms in total. The number of amides is 1. The number of aliphatic hydroxyl groups is 1. The molecule has 3 rings (SSSR count). The van der Waals surface area contributed by atoms with E-state index in [0.717, 1.165) is 16.9 Å². The van der Waals surface area contributed by atoms with Crippen LogP contribution in [0.1, 0.15) is 24.3 Å². The molecular weight excluding hydrogens is 260 g/mol. The van der Waals surface area contributed by atoms with Gasteiger partial charge in [0.2, 0.25) is 5.91 Å². The van der Waals surface area contributed by atoms with Gasteiger partial charge in [-0.3, -0.25) is 4.79 Å². The molecule has 0 saturated carbocycles. The summed E-state index contributed by atoms with van der Waals surface area (Å²) in [6.45, 7) is 0.555. The Bertz CT molecular complexity index is 563. The van der Waals surface area contributed by atoms with Crippen molar-refractivity contribution >= 4 is 27.5 Å². The lowest BCUT2D eigenvalue weighted by Crippen LogP contribution is -2.44. The SMILES string of the molecule is O=C1CCCC(O)N1CCc1nc2ccccc2s1. The van der Waals surface area contributed by atoms with E-state index in [0.29, 0.717) is 25.8 Å². The number of fused-ring (bicyclic) bond motifs is 1. The van der Waals surface area contributed by atoms with E-state index in [1.165, 1.54) is 4.70 Å². The lowest BCUT2D eigenvalue weighted by atomic mass is 10.1. The molecule has 1 fully saturated rings. The first kappa shape index (κ1) is 12.6. The van der Waals surface area contributed by atoms with Crippen LogP contribution in [0.15, 0.2) is 24.3 Å². The largest absolute Gasteiger partial charge is 0.374 e. The van der Waals surface area contributed by atoms with E-state index in [1.807, 2.05) is 18.2 Å². The van der Waals surface area contributed by atoms with Crippen molar-refractivity contribution in [3.8, 4) is 0 Å². The summed E-state index contributed by atoms with van der Waals surface area (Å²) in [5.41, 5.74) is 1.01. The standard InChI is InChI=1S/C14H16N2O2S/c17-13-6-3-7-14(18)16(13)9-8-12-15-10-4-1-2-5-11(10)19-12/h1-2,4-5,13,17H,3,6-9H2. The Hall–Kier alpha value is -1.46. The van der Waals surface area contributed by atoms with Crippen molar-refractivity contribution < 1.29 is 9.90 Å². The number of hydrogen-bond donors (Lipinski definition) is 1. The first-order valence-electron chi connectivity index (χ1n) is 6.56. The number of aromatic nitrogens is 1. The summed E-state index contributed by atoms with van der Waals surface area (Å²) in [6, 6.07) is 8.03. The molecule has 1 aliphatic heterocycles. The zero-order valence-electron chi connectivity index (χ0n) is 10.6. The zero-order valence-corrected chi connectivity index (χ0v) is 11.4. The summed E-state index contributed by atoms with van der Waals surface area (Å²) in [6.07, 6.45) is 2.12. The molecule has 100 valence electrons. The average Bonchev–Trinajstić information content (AvgIpc) is 2.81. The summed E-state index contributed by atoms with van der Waals surface area (Å²) in [7, 11) is 0. The molecule has 19 heavy (non-hydrogen) atoms. The van der Waals surface area contributed by atoms with Crippen LogP contribution in [0.3, 0.4) is 0 Å². The van der Waals surface area contributed by atoms with E-state index in [9.17, 15) is 9.90 Å². The molecule has 0 aliphatic carbocycles. The number of aliphatic hydroxyl groups excluding tert-OH is 1. The van der Waals surface area contributed by atoms with E-state index >= 15 is 0 Å². The minimum absolute atomic E-state index is 0.0554. The molecular formula is C14H16N2O2S. The van der Waals surface area contributed by atoms with Crippen LogP contribution in [-0.2, 0) is 11.2 Å². The van der Waals surface area contributed by atoms with Gasteiger partial charge in [-0.05, 0) is 25.0 Å². The number of para-hydroxylation sites is 1. The molecule has 1 amide bonds. The molecule has 1 aromatic heterocycles. The summed E-state index contributed by atoms with van der Waals surface area (Å²) < 4.78 is 1.17. The van der Waals surface area contributed by atoms with E-state index in [4.69, 9.17) is 0 Å². The summed E-state index contributed by atoms with van der Waals surface area (Å²) in [4.78, 5) is 17.9. The normalized spacial score (nSPS) is 20.2. The smallest absolute Gasteiger partial charge is 0.224 e. The lowest BCUT2D eigenvalue weighted by molar-refractivity contribution is -0.146. The molecule has 1 aromatic carbocycles. The first-order chi connectivity index (χ1) is 9.24. The molecule has 1 aliphatic rings. The van der Waals surface area contributed by atoms with Gasteiger partial charge in [0.05, 0.1) is 15.2 Å². The summed E-state index contributed by atoms with van der Waals surface area (Å²) in [5, 5.41) is 10.9. The van der Waals surface area contributed by atoms with E-state index in [2.05, 4.69) is 11.1 Å². The first-order valence-corrected chi connectivity index (χ1v) is 7.38. The van der Waals surface area contributed by atoms with Gasteiger partial charge in [0, 0.05) is 19.4 Å². The Morgan fingerprint density at radius 2 is 2.26 bits per heavy atom. The van der Waals surface area contributed by atoms with Crippen LogP contribution in [0, 0.1) is 0 Å². The van der Waals surface area contributed by atoms with E-state index in [1.54, 1.807) is 16.2 Å². The highest BCUT2D eigenvalue weighted by atomic mass is 32.1. The van der Waals surface area contributed by atoms with Crippen molar-refractivity contribution in [2.45, 2.75) is 31.9 Å². The van der Waals surface area contributed by atoms with Gasteiger partial charge < -0.3 is 10.0 Å². The second kappa shape index (κ2) is 5.27. The quantitative estimate of drug-likeness (QED) is 0.934. The maximum atomic E-state index is 11.7. The number of hydrogen-bond acceptors (Lipinski definition) is 4. The maximum Gasteiger partial charge on any atom is 0.224 e. The molecule has 0 radical (unpaired) electrons. The minimum Gasteiger partial charge on any atom is -0.374 e. The Kier molecular flexibility index (Phi) is 3.48. The average molecular weight is 276 g/mol. The van der Waals surface area contributed by atoms with Gasteiger partial charge in [-0.25, -0.2) is 4.98 Å². The highest BCUT2D eigenvalue weighted by Gasteiger charge is 2.25. The fourth-order valence-corrected chi connectivity index (χ4v) is 3.37. The monoisotopic (exact) mass is 276 g/mol. The third kappa shape index (κ3) is 2.62. The number of thiazole rings is 1. The Morgan fingerprint density at radius 3 is 3.05 bits per heavy atom. The molecule has 0 bridgehead atoms. The van der Waals surface area contributed by atoms with Crippen LogP contribution in [0.5, 0.6) is 0 Å². The second-order valence-electron chi connectivity index (χ2n) is 4.79. The van der Waals surface area contributed by atoms with Gasteiger partial charge >= 0.3 is 0 Å². The highest BCUT2D eigenvalue weighted by Crippen LogP contribution is 2.23. The second-order valence-corrected chi connectivity index (χ2v) is 5.90. The third-order valence-electron chi connectivity index (χ3n) is 3.44. The number of nitrogens with zero attached hydrogens (tertiary/aromatic N) is 2. The maximum absolute atomic E-state index is 11.7. The zero-order chi connectivity index (χ0) is 13.2. The van der Waals surface area contributed by atoms with Crippen LogP contribution < -0.4 is 0 Å². The van der Waals surface area contributed by atoms with Crippen LogP contribution in [0.25, 0.3) is 10.2 Å². The molecule has 1 unspecified atom stereocenters. The lowest BCUT2D eigenvalue weighted by Gasteiger charge is -2.31. The van der Waals surface area contributed by atoms with Gasteiger partial charge in [-0.15, -0.1) is 11.3 Å². The predicted molar refractivity (Wildman–Crippen MR) is 74.9 cm³/mol. The topological polar surface area (TPSA) is 53.4 Å². The number of likely N-dealkylation sites (tertiary alicyclic amines) is 1. The Balaban J connectivity index is 1.69. The Labute approximate surface area is 115 Å². The van der Waals surface area contributed by atoms with Crippen LogP contribution >= 0.6 is 11.3 Å². The number of carbonyl (C=O) groups is 1. The van der Waals surface area contributed by atoms with Crippen molar-refractivity contribution in [3.63, 3.8) is 0 Å². The van der Waals surface area contributed by atoms with Crippen molar-refractivity contribution in [3.05, 3.63) is 29.3 Å². The number of carbonyl (C=O) groups excluding carboxylic acids is 1. The van der Waals surface area contributed by atoms with Crippen LogP contribution in [0.2, 0.25) is 0 Å². The van der Waals surface area contributed by atoms with Gasteiger partial charge in [-0.1, -0.05) is 12.1 Å². The predicted octanol–water partition coefficient (Wildman–Crippen LogP) is 2.17. The molecule has 5 heteroatoms. The molecule has 2 heterocycles. The molecule has 0 spiro atoms. The fourth-order valence-electron chi connectivity index (χ4n) is 2.42. The Morgan fingerprint density at radius 1 is 1.42 bits per heavy atom.